The Morgan fingerprint density at radius 2 is 1.83 bits per heavy atom. The number of benzene rings is 1. The van der Waals surface area contributed by atoms with Crippen molar-refractivity contribution >= 4 is 5.69 Å². The van der Waals surface area contributed by atoms with E-state index in [9.17, 15) is 0 Å². The minimum absolute atomic E-state index is 0.619. The highest BCUT2D eigenvalue weighted by atomic mass is 16.5. The summed E-state index contributed by atoms with van der Waals surface area (Å²) in [5.74, 6) is 0. The molecule has 2 fully saturated rings. The number of nitrogens with zero attached hydrogens (tertiary/aromatic N) is 2. The van der Waals surface area contributed by atoms with Gasteiger partial charge < -0.3 is 9.64 Å². The maximum absolute atomic E-state index is 5.31. The second-order valence-electron chi connectivity index (χ2n) is 5.56. The van der Waals surface area contributed by atoms with Crippen LogP contribution in [-0.2, 0) is 4.74 Å². The Labute approximate surface area is 109 Å². The fourth-order valence-corrected chi connectivity index (χ4v) is 2.92. The monoisotopic (exact) mass is 246 g/mol. The van der Waals surface area contributed by atoms with Gasteiger partial charge in [0.15, 0.2) is 0 Å². The molecule has 0 N–H and O–H groups in total. The van der Waals surface area contributed by atoms with Gasteiger partial charge in [-0.15, -0.1) is 0 Å². The normalized spacial score (nSPS) is 26.1. The number of aryl methyl sites for hydroxylation is 1. The van der Waals surface area contributed by atoms with Crippen molar-refractivity contribution < 1.29 is 4.74 Å². The van der Waals surface area contributed by atoms with Crippen molar-refractivity contribution in [3.05, 3.63) is 29.8 Å². The molecule has 0 unspecified atom stereocenters. The smallest absolute Gasteiger partial charge is 0.0645 e. The van der Waals surface area contributed by atoms with Crippen LogP contribution >= 0.6 is 0 Å². The van der Waals surface area contributed by atoms with Crippen LogP contribution in [0, 0.1) is 6.92 Å². The minimum Gasteiger partial charge on any atom is -0.378 e. The van der Waals surface area contributed by atoms with Crippen LogP contribution in [0.4, 0.5) is 5.69 Å². The van der Waals surface area contributed by atoms with Crippen LogP contribution < -0.4 is 4.90 Å². The van der Waals surface area contributed by atoms with Gasteiger partial charge in [-0.25, -0.2) is 0 Å². The second kappa shape index (κ2) is 4.90. The van der Waals surface area contributed by atoms with Crippen LogP contribution in [0.3, 0.4) is 0 Å². The number of piperazine rings is 1. The highest BCUT2D eigenvalue weighted by molar-refractivity contribution is 5.48. The second-order valence-corrected chi connectivity index (χ2v) is 5.56. The summed E-state index contributed by atoms with van der Waals surface area (Å²) in [4.78, 5) is 5.11. The summed E-state index contributed by atoms with van der Waals surface area (Å²) >= 11 is 0. The van der Waals surface area contributed by atoms with Crippen molar-refractivity contribution in [3.63, 3.8) is 0 Å². The summed E-state index contributed by atoms with van der Waals surface area (Å²) in [6.07, 6.45) is 0. The lowest BCUT2D eigenvalue weighted by Crippen LogP contribution is -2.60. The van der Waals surface area contributed by atoms with E-state index in [1.807, 2.05) is 0 Å². The molecule has 98 valence electrons. The van der Waals surface area contributed by atoms with Crippen LogP contribution in [0.2, 0.25) is 0 Å². The van der Waals surface area contributed by atoms with Crippen LogP contribution in [0.5, 0.6) is 0 Å². The molecule has 2 heterocycles. The third kappa shape index (κ3) is 2.25. The number of ether oxygens (including phenoxy) is 1. The SMILES string of the molecule is Cc1ccc(N2CCN(C3COC3)[C@H](C)C2)cc1. The summed E-state index contributed by atoms with van der Waals surface area (Å²) in [5, 5.41) is 0. The first kappa shape index (κ1) is 12.0. The van der Waals surface area contributed by atoms with Crippen molar-refractivity contribution in [2.45, 2.75) is 25.9 Å². The van der Waals surface area contributed by atoms with E-state index in [0.29, 0.717) is 12.1 Å². The van der Waals surface area contributed by atoms with Crippen LogP contribution in [0.1, 0.15) is 12.5 Å². The predicted molar refractivity (Wildman–Crippen MR) is 74.2 cm³/mol. The molecule has 0 aliphatic carbocycles. The molecule has 1 aromatic carbocycles. The van der Waals surface area contributed by atoms with Gasteiger partial charge in [0.25, 0.3) is 0 Å². The molecule has 0 bridgehead atoms. The van der Waals surface area contributed by atoms with E-state index >= 15 is 0 Å². The maximum atomic E-state index is 5.31. The van der Waals surface area contributed by atoms with Crippen molar-refractivity contribution in [2.75, 3.05) is 37.7 Å². The van der Waals surface area contributed by atoms with Gasteiger partial charge >= 0.3 is 0 Å². The zero-order valence-electron chi connectivity index (χ0n) is 11.3. The molecule has 0 spiro atoms. The van der Waals surface area contributed by atoms with Crippen molar-refractivity contribution in [2.24, 2.45) is 0 Å². The van der Waals surface area contributed by atoms with Crippen LogP contribution in [-0.4, -0.2) is 49.8 Å². The zero-order valence-corrected chi connectivity index (χ0v) is 11.3. The lowest BCUT2D eigenvalue weighted by Gasteiger charge is -2.47. The standard InChI is InChI=1S/C15H22N2O/c1-12-3-5-14(6-4-12)16-7-8-17(13(2)9-16)15-10-18-11-15/h3-6,13,15H,7-11H2,1-2H3/t13-/m1/s1. The molecular weight excluding hydrogens is 224 g/mol. The first-order valence-electron chi connectivity index (χ1n) is 6.89. The van der Waals surface area contributed by atoms with E-state index in [1.54, 1.807) is 0 Å². The fourth-order valence-electron chi connectivity index (χ4n) is 2.92. The number of anilines is 1. The molecule has 0 saturated carbocycles. The Morgan fingerprint density at radius 3 is 2.39 bits per heavy atom. The molecule has 2 aliphatic rings. The van der Waals surface area contributed by atoms with Gasteiger partial charge in [0.1, 0.15) is 0 Å². The summed E-state index contributed by atoms with van der Waals surface area (Å²) in [7, 11) is 0. The third-order valence-electron chi connectivity index (χ3n) is 4.17. The number of hydrogen-bond donors (Lipinski definition) is 0. The molecule has 3 rings (SSSR count). The molecule has 1 aromatic rings. The summed E-state index contributed by atoms with van der Waals surface area (Å²) in [6, 6.07) is 10.2. The summed E-state index contributed by atoms with van der Waals surface area (Å²) in [5.41, 5.74) is 2.69. The van der Waals surface area contributed by atoms with Crippen molar-refractivity contribution in [3.8, 4) is 0 Å². The topological polar surface area (TPSA) is 15.7 Å². The van der Waals surface area contributed by atoms with Gasteiger partial charge in [-0.05, 0) is 26.0 Å². The van der Waals surface area contributed by atoms with Crippen LogP contribution in [0.25, 0.3) is 0 Å². The van der Waals surface area contributed by atoms with Gasteiger partial charge in [-0.2, -0.15) is 0 Å². The van der Waals surface area contributed by atoms with Gasteiger partial charge in [0, 0.05) is 31.4 Å². The third-order valence-corrected chi connectivity index (χ3v) is 4.17. The quantitative estimate of drug-likeness (QED) is 0.793. The highest BCUT2D eigenvalue weighted by Crippen LogP contribution is 2.22. The van der Waals surface area contributed by atoms with Gasteiger partial charge in [0.2, 0.25) is 0 Å². The van der Waals surface area contributed by atoms with Gasteiger partial charge in [-0.1, -0.05) is 17.7 Å². The molecule has 0 radical (unpaired) electrons. The van der Waals surface area contributed by atoms with E-state index < -0.39 is 0 Å². The Kier molecular flexibility index (Phi) is 3.27. The van der Waals surface area contributed by atoms with E-state index in [4.69, 9.17) is 4.74 Å². The average Bonchev–Trinajstić information content (AvgIpc) is 2.30. The molecule has 18 heavy (non-hydrogen) atoms. The van der Waals surface area contributed by atoms with Crippen LogP contribution in [0.15, 0.2) is 24.3 Å². The lowest BCUT2D eigenvalue weighted by atomic mass is 10.1. The molecule has 2 saturated heterocycles. The zero-order chi connectivity index (χ0) is 12.5. The largest absolute Gasteiger partial charge is 0.378 e. The van der Waals surface area contributed by atoms with Gasteiger partial charge in [-0.3, -0.25) is 4.90 Å². The van der Waals surface area contributed by atoms with Crippen molar-refractivity contribution in [1.82, 2.24) is 4.90 Å². The molecular formula is C15H22N2O. The Hall–Kier alpha value is -1.06. The molecule has 3 heteroatoms. The molecule has 1 atom stereocenters. The summed E-state index contributed by atoms with van der Waals surface area (Å²) < 4.78 is 5.31. The highest BCUT2D eigenvalue weighted by Gasteiger charge is 2.33. The molecule has 0 aromatic heterocycles. The molecule has 3 nitrogen and oxygen atoms in total. The van der Waals surface area contributed by atoms with E-state index in [2.05, 4.69) is 47.9 Å². The maximum Gasteiger partial charge on any atom is 0.0645 e. The summed E-state index contributed by atoms with van der Waals surface area (Å²) in [6.45, 7) is 9.73. The first-order chi connectivity index (χ1) is 8.74. The Bertz CT molecular complexity index is 399. The Morgan fingerprint density at radius 1 is 1.11 bits per heavy atom. The van der Waals surface area contributed by atoms with E-state index in [0.717, 1.165) is 32.8 Å². The number of rotatable bonds is 2. The van der Waals surface area contributed by atoms with Gasteiger partial charge in [0.05, 0.1) is 19.3 Å². The Balaban J connectivity index is 1.65. The van der Waals surface area contributed by atoms with Crippen molar-refractivity contribution in [1.29, 1.82) is 0 Å². The predicted octanol–water partition coefficient (Wildman–Crippen LogP) is 1.90. The fraction of sp³-hybridized carbons (Fsp3) is 0.600. The van der Waals surface area contributed by atoms with E-state index in [1.165, 1.54) is 11.3 Å². The lowest BCUT2D eigenvalue weighted by molar-refractivity contribution is -0.0792. The molecule has 2 aliphatic heterocycles. The first-order valence-corrected chi connectivity index (χ1v) is 6.89. The van der Waals surface area contributed by atoms with E-state index in [-0.39, 0.29) is 0 Å². The average molecular weight is 246 g/mol. The minimum atomic E-state index is 0.619. The molecule has 0 amide bonds. The number of hydrogen-bond acceptors (Lipinski definition) is 3.